The molecular formula is C13H11N2O6-. The van der Waals surface area contributed by atoms with Crippen LogP contribution in [0.3, 0.4) is 0 Å². The first-order valence-corrected chi connectivity index (χ1v) is 5.76. The van der Waals surface area contributed by atoms with Crippen molar-refractivity contribution in [2.45, 2.75) is 6.92 Å². The van der Waals surface area contributed by atoms with Crippen LogP contribution in [0.25, 0.3) is 6.08 Å². The number of methoxy groups -OCH3 is 1. The van der Waals surface area contributed by atoms with E-state index in [-0.39, 0.29) is 23.5 Å². The van der Waals surface area contributed by atoms with Gasteiger partial charge in [0.2, 0.25) is 0 Å². The summed E-state index contributed by atoms with van der Waals surface area (Å²) in [5, 5.41) is 31.3. The Morgan fingerprint density at radius 1 is 1.52 bits per heavy atom. The summed E-state index contributed by atoms with van der Waals surface area (Å²) in [7, 11) is 1.19. The Balaban J connectivity index is 3.37. The van der Waals surface area contributed by atoms with Crippen LogP contribution in [0.15, 0.2) is 17.7 Å². The molecule has 0 N–H and O–H groups in total. The smallest absolute Gasteiger partial charge is 0.348 e. The van der Waals surface area contributed by atoms with E-state index in [2.05, 4.69) is 4.74 Å². The van der Waals surface area contributed by atoms with Gasteiger partial charge in [-0.25, -0.2) is 4.79 Å². The number of nitrogens with zero attached hydrogens (tertiary/aromatic N) is 2. The normalized spacial score (nSPS) is 10.6. The van der Waals surface area contributed by atoms with Gasteiger partial charge in [0.25, 0.3) is 5.69 Å². The maximum Gasteiger partial charge on any atom is 0.348 e. The maximum absolute atomic E-state index is 11.6. The fourth-order valence-corrected chi connectivity index (χ4v) is 1.49. The second-order valence-electron chi connectivity index (χ2n) is 3.72. The molecule has 0 heterocycles. The second kappa shape index (κ2) is 6.91. The van der Waals surface area contributed by atoms with E-state index in [1.807, 2.05) is 0 Å². The molecule has 0 aliphatic heterocycles. The van der Waals surface area contributed by atoms with Crippen LogP contribution >= 0.6 is 0 Å². The highest BCUT2D eigenvalue weighted by molar-refractivity contribution is 5.98. The van der Waals surface area contributed by atoms with Crippen LogP contribution < -0.4 is 9.84 Å². The summed E-state index contributed by atoms with van der Waals surface area (Å²) >= 11 is 0. The number of nitriles is 1. The standard InChI is InChI=1S/C13H12N2O6/c1-3-21-13(17)9(7-14)4-8-5-10(15(18)19)12(16)11(6-8)20-2/h4-6,16H,3H2,1-2H3/p-1/b9-4+. The number of carbonyl (C=O) groups is 1. The van der Waals surface area contributed by atoms with Gasteiger partial charge in [0, 0.05) is 11.8 Å². The van der Waals surface area contributed by atoms with E-state index in [0.29, 0.717) is 0 Å². The highest BCUT2D eigenvalue weighted by Gasteiger charge is 2.15. The fourth-order valence-electron chi connectivity index (χ4n) is 1.49. The van der Waals surface area contributed by atoms with Crippen molar-refractivity contribution in [2.75, 3.05) is 13.7 Å². The zero-order valence-corrected chi connectivity index (χ0v) is 11.3. The average molecular weight is 291 g/mol. The van der Waals surface area contributed by atoms with Gasteiger partial charge in [-0.1, -0.05) is 0 Å². The summed E-state index contributed by atoms with van der Waals surface area (Å²) in [5.41, 5.74) is -0.934. The zero-order valence-electron chi connectivity index (χ0n) is 11.3. The number of rotatable bonds is 5. The molecule has 0 unspecified atom stereocenters. The van der Waals surface area contributed by atoms with Gasteiger partial charge in [0.05, 0.1) is 18.6 Å². The highest BCUT2D eigenvalue weighted by atomic mass is 16.6. The van der Waals surface area contributed by atoms with Crippen LogP contribution in [0.4, 0.5) is 5.69 Å². The SMILES string of the molecule is CCOC(=O)/C(C#N)=C/c1cc(OC)c([O-])c([N+](=O)[O-])c1. The predicted octanol–water partition coefficient (Wildman–Crippen LogP) is 1.15. The highest BCUT2D eigenvalue weighted by Crippen LogP contribution is 2.35. The quantitative estimate of drug-likeness (QED) is 0.262. The van der Waals surface area contributed by atoms with Crippen LogP contribution in [-0.4, -0.2) is 24.6 Å². The Morgan fingerprint density at radius 2 is 2.19 bits per heavy atom. The minimum atomic E-state index is -0.880. The molecule has 0 fully saturated rings. The van der Waals surface area contributed by atoms with Crippen LogP contribution in [-0.2, 0) is 9.53 Å². The molecule has 1 aromatic rings. The van der Waals surface area contributed by atoms with Gasteiger partial charge >= 0.3 is 5.97 Å². The summed E-state index contributed by atoms with van der Waals surface area (Å²) in [4.78, 5) is 21.4. The Kier molecular flexibility index (Phi) is 5.25. The lowest BCUT2D eigenvalue weighted by atomic mass is 10.1. The van der Waals surface area contributed by atoms with Crippen molar-refractivity contribution >= 4 is 17.7 Å². The Bertz CT molecular complexity index is 645. The maximum atomic E-state index is 11.6. The van der Waals surface area contributed by atoms with Crippen LogP contribution in [0, 0.1) is 21.4 Å². The van der Waals surface area contributed by atoms with Crippen molar-refractivity contribution in [3.05, 3.63) is 33.4 Å². The lowest BCUT2D eigenvalue weighted by molar-refractivity contribution is -0.398. The number of hydrogen-bond donors (Lipinski definition) is 0. The van der Waals surface area contributed by atoms with Gasteiger partial charge in [-0.2, -0.15) is 5.26 Å². The van der Waals surface area contributed by atoms with Gasteiger partial charge in [0.15, 0.2) is 0 Å². The lowest BCUT2D eigenvalue weighted by Gasteiger charge is -2.13. The summed E-state index contributed by atoms with van der Waals surface area (Å²) in [6, 6.07) is 3.79. The molecule has 8 nitrogen and oxygen atoms in total. The zero-order chi connectivity index (χ0) is 16.0. The largest absolute Gasteiger partial charge is 0.865 e. The molecule has 1 rings (SSSR count). The van der Waals surface area contributed by atoms with Gasteiger partial charge < -0.3 is 14.6 Å². The monoisotopic (exact) mass is 291 g/mol. The van der Waals surface area contributed by atoms with Crippen molar-refractivity contribution in [2.24, 2.45) is 0 Å². The molecule has 110 valence electrons. The van der Waals surface area contributed by atoms with Gasteiger partial charge in [0.1, 0.15) is 17.4 Å². The summed E-state index contributed by atoms with van der Waals surface area (Å²) < 4.78 is 9.42. The Labute approximate surface area is 120 Å². The first-order chi connectivity index (χ1) is 9.94. The van der Waals surface area contributed by atoms with Crippen LogP contribution in [0.1, 0.15) is 12.5 Å². The van der Waals surface area contributed by atoms with Crippen LogP contribution in [0.5, 0.6) is 11.5 Å². The molecule has 0 saturated heterocycles. The minimum Gasteiger partial charge on any atom is -0.865 e. The Hall–Kier alpha value is -3.08. The molecule has 0 atom stereocenters. The molecule has 0 aliphatic rings. The molecule has 0 amide bonds. The second-order valence-corrected chi connectivity index (χ2v) is 3.72. The molecule has 8 heteroatoms. The van der Waals surface area contributed by atoms with Gasteiger partial charge in [-0.3, -0.25) is 10.1 Å². The molecular weight excluding hydrogens is 280 g/mol. The molecule has 0 aliphatic carbocycles. The first-order valence-electron chi connectivity index (χ1n) is 5.76. The van der Waals surface area contributed by atoms with E-state index in [1.54, 1.807) is 13.0 Å². The number of nitro benzene ring substituents is 1. The molecule has 21 heavy (non-hydrogen) atoms. The molecule has 0 radical (unpaired) electrons. The molecule has 0 aromatic heterocycles. The molecule has 0 bridgehead atoms. The fraction of sp³-hybridized carbons (Fsp3) is 0.231. The third-order valence-corrected chi connectivity index (χ3v) is 2.40. The van der Waals surface area contributed by atoms with Crippen LogP contribution in [0.2, 0.25) is 0 Å². The first kappa shape index (κ1) is 16.0. The van der Waals surface area contributed by atoms with Gasteiger partial charge in [-0.05, 0) is 24.6 Å². The van der Waals surface area contributed by atoms with E-state index in [4.69, 9.17) is 10.00 Å². The number of benzene rings is 1. The van der Waals surface area contributed by atoms with E-state index in [9.17, 15) is 20.0 Å². The number of carbonyl (C=O) groups excluding carboxylic acids is 1. The number of ether oxygens (including phenoxy) is 2. The summed E-state index contributed by atoms with van der Waals surface area (Å²) in [6.45, 7) is 1.66. The van der Waals surface area contributed by atoms with E-state index >= 15 is 0 Å². The minimum absolute atomic E-state index is 0.0841. The third kappa shape index (κ3) is 3.70. The Morgan fingerprint density at radius 3 is 2.67 bits per heavy atom. The summed E-state index contributed by atoms with van der Waals surface area (Å²) in [5.74, 6) is -1.99. The van der Waals surface area contributed by atoms with E-state index in [0.717, 1.165) is 12.1 Å². The number of esters is 1. The molecule has 0 saturated carbocycles. The summed E-state index contributed by atoms with van der Waals surface area (Å²) in [6.07, 6.45) is 1.09. The topological polar surface area (TPSA) is 126 Å². The van der Waals surface area contributed by atoms with Crippen molar-refractivity contribution in [1.82, 2.24) is 0 Å². The third-order valence-electron chi connectivity index (χ3n) is 2.40. The molecule has 0 spiro atoms. The van der Waals surface area contributed by atoms with Crippen molar-refractivity contribution < 1.29 is 24.3 Å². The number of hydrogen-bond acceptors (Lipinski definition) is 7. The van der Waals surface area contributed by atoms with Crippen molar-refractivity contribution in [1.29, 1.82) is 5.26 Å². The predicted molar refractivity (Wildman–Crippen MR) is 69.3 cm³/mol. The van der Waals surface area contributed by atoms with Gasteiger partial charge in [-0.15, -0.1) is 0 Å². The molecule has 1 aromatic carbocycles. The average Bonchev–Trinajstić information content (AvgIpc) is 2.45. The van der Waals surface area contributed by atoms with Crippen molar-refractivity contribution in [3.63, 3.8) is 0 Å². The van der Waals surface area contributed by atoms with E-state index < -0.39 is 22.3 Å². The van der Waals surface area contributed by atoms with E-state index in [1.165, 1.54) is 13.2 Å². The number of nitro groups is 1. The van der Waals surface area contributed by atoms with Crippen molar-refractivity contribution in [3.8, 4) is 17.6 Å². The lowest BCUT2D eigenvalue weighted by Crippen LogP contribution is -2.06.